The lowest BCUT2D eigenvalue weighted by molar-refractivity contribution is 0.406. The first-order valence-corrected chi connectivity index (χ1v) is 8.78. The normalized spacial score (nSPS) is 16.1. The lowest BCUT2D eigenvalue weighted by Gasteiger charge is -2.17. The topological polar surface area (TPSA) is 80.7 Å². The van der Waals surface area contributed by atoms with Crippen LogP contribution in [0.25, 0.3) is 16.5 Å². The molecule has 0 bridgehead atoms. The van der Waals surface area contributed by atoms with E-state index in [4.69, 9.17) is 11.5 Å². The zero-order valence-corrected chi connectivity index (χ0v) is 14.8. The monoisotopic (exact) mass is 326 g/mol. The molecule has 3 atom stereocenters. The summed E-state index contributed by atoms with van der Waals surface area (Å²) in [5, 5.41) is 8.60. The van der Waals surface area contributed by atoms with Gasteiger partial charge in [0, 0.05) is 11.4 Å². The summed E-state index contributed by atoms with van der Waals surface area (Å²) in [6.45, 7) is 9.15. The van der Waals surface area contributed by atoms with Gasteiger partial charge in [0.2, 0.25) is 0 Å². The van der Waals surface area contributed by atoms with Crippen molar-refractivity contribution in [2.75, 3.05) is 6.54 Å². The van der Waals surface area contributed by atoms with E-state index in [1.54, 1.807) is 0 Å². The second-order valence-electron chi connectivity index (χ2n) is 6.87. The molecule has 0 aliphatic carbocycles. The van der Waals surface area contributed by atoms with Crippen molar-refractivity contribution in [2.24, 2.45) is 23.3 Å². The minimum atomic E-state index is -0.00311. The lowest BCUT2D eigenvalue weighted by Crippen LogP contribution is -2.21. The van der Waals surface area contributed by atoms with Gasteiger partial charge in [-0.3, -0.25) is 5.10 Å². The molecule has 2 rings (SSSR count). The number of hydrogen-bond acceptors (Lipinski definition) is 3. The van der Waals surface area contributed by atoms with Crippen molar-refractivity contribution in [2.45, 2.75) is 39.2 Å². The minimum Gasteiger partial charge on any atom is -0.330 e. The van der Waals surface area contributed by atoms with E-state index in [1.807, 2.05) is 24.3 Å². The van der Waals surface area contributed by atoms with E-state index in [-0.39, 0.29) is 6.04 Å². The number of fused-ring (bicyclic) bond motifs is 1. The predicted octanol–water partition coefficient (Wildman–Crippen LogP) is 3.86. The number of allylic oxidation sites excluding steroid dienone is 2. The Morgan fingerprint density at radius 1 is 1.25 bits per heavy atom. The SMILES string of the molecule is C=C/C(=C\C(N)CC(C)CCC(C)CN)c1n[nH]c2ccccc12. The fraction of sp³-hybridized carbons (Fsp3) is 0.450. The average molecular weight is 326 g/mol. The third-order valence-corrected chi connectivity index (χ3v) is 4.59. The van der Waals surface area contributed by atoms with Crippen LogP contribution in [0.4, 0.5) is 0 Å². The molecule has 0 aliphatic rings. The van der Waals surface area contributed by atoms with Crippen LogP contribution in [-0.2, 0) is 0 Å². The first kappa shape index (κ1) is 18.4. The molecule has 4 nitrogen and oxygen atoms in total. The Bertz CT molecular complexity index is 686. The van der Waals surface area contributed by atoms with Crippen molar-refractivity contribution < 1.29 is 0 Å². The van der Waals surface area contributed by atoms with E-state index < -0.39 is 0 Å². The maximum atomic E-state index is 6.35. The molecule has 1 heterocycles. The smallest absolute Gasteiger partial charge is 0.0996 e. The Morgan fingerprint density at radius 2 is 1.96 bits per heavy atom. The second-order valence-corrected chi connectivity index (χ2v) is 6.87. The molecule has 0 radical (unpaired) electrons. The molecule has 0 aliphatic heterocycles. The maximum Gasteiger partial charge on any atom is 0.0996 e. The maximum absolute atomic E-state index is 6.35. The third kappa shape index (κ3) is 4.79. The van der Waals surface area contributed by atoms with E-state index in [0.29, 0.717) is 11.8 Å². The zero-order valence-electron chi connectivity index (χ0n) is 14.8. The standard InChI is InChI=1S/C20H30N4/c1-4-16(20-18-7-5-6-8-19(18)23-24-20)12-17(22)11-14(2)9-10-15(3)13-21/h4-8,12,14-15,17H,1,9-11,13,21-22H2,2-3H3,(H,23,24)/b16-12+. The Balaban J connectivity index is 2.05. The van der Waals surface area contributed by atoms with Gasteiger partial charge in [-0.2, -0.15) is 5.10 Å². The largest absolute Gasteiger partial charge is 0.330 e. The highest BCUT2D eigenvalue weighted by Crippen LogP contribution is 2.24. The van der Waals surface area contributed by atoms with E-state index in [0.717, 1.165) is 48.0 Å². The molecule has 2 aromatic rings. The number of aromatic amines is 1. The van der Waals surface area contributed by atoms with Gasteiger partial charge in [-0.15, -0.1) is 0 Å². The van der Waals surface area contributed by atoms with Crippen molar-refractivity contribution in [3.05, 3.63) is 48.7 Å². The van der Waals surface area contributed by atoms with Crippen molar-refractivity contribution in [1.82, 2.24) is 10.2 Å². The second kappa shape index (κ2) is 8.81. The van der Waals surface area contributed by atoms with Crippen LogP contribution in [0.3, 0.4) is 0 Å². The molecular formula is C20H30N4. The van der Waals surface area contributed by atoms with Crippen LogP contribution in [0.1, 0.15) is 38.8 Å². The quantitative estimate of drug-likeness (QED) is 0.612. The molecule has 0 saturated carbocycles. The van der Waals surface area contributed by atoms with Crippen LogP contribution in [-0.4, -0.2) is 22.8 Å². The number of aromatic nitrogens is 2. The molecule has 0 saturated heterocycles. The van der Waals surface area contributed by atoms with Crippen LogP contribution < -0.4 is 11.5 Å². The molecule has 0 spiro atoms. The Morgan fingerprint density at radius 3 is 2.67 bits per heavy atom. The molecular weight excluding hydrogens is 296 g/mol. The van der Waals surface area contributed by atoms with Crippen LogP contribution in [0.2, 0.25) is 0 Å². The van der Waals surface area contributed by atoms with Gasteiger partial charge in [-0.25, -0.2) is 0 Å². The van der Waals surface area contributed by atoms with Crippen LogP contribution >= 0.6 is 0 Å². The summed E-state index contributed by atoms with van der Waals surface area (Å²) in [6.07, 6.45) is 7.19. The summed E-state index contributed by atoms with van der Waals surface area (Å²) in [4.78, 5) is 0. The van der Waals surface area contributed by atoms with Gasteiger partial charge in [-0.05, 0) is 42.9 Å². The van der Waals surface area contributed by atoms with E-state index in [1.165, 1.54) is 0 Å². The fourth-order valence-corrected chi connectivity index (χ4v) is 3.00. The molecule has 130 valence electrons. The van der Waals surface area contributed by atoms with Crippen LogP contribution in [0, 0.1) is 11.8 Å². The van der Waals surface area contributed by atoms with Gasteiger partial charge in [0.15, 0.2) is 0 Å². The highest BCUT2D eigenvalue weighted by molar-refractivity contribution is 5.92. The summed E-state index contributed by atoms with van der Waals surface area (Å²) < 4.78 is 0. The predicted molar refractivity (Wildman–Crippen MR) is 103 cm³/mol. The fourth-order valence-electron chi connectivity index (χ4n) is 3.00. The van der Waals surface area contributed by atoms with E-state index >= 15 is 0 Å². The zero-order chi connectivity index (χ0) is 17.5. The molecule has 0 fully saturated rings. The highest BCUT2D eigenvalue weighted by Gasteiger charge is 2.12. The Hall–Kier alpha value is -1.91. The number of hydrogen-bond donors (Lipinski definition) is 3. The highest BCUT2D eigenvalue weighted by atomic mass is 15.1. The number of rotatable bonds is 9. The first-order valence-electron chi connectivity index (χ1n) is 8.78. The van der Waals surface area contributed by atoms with Gasteiger partial charge in [0.25, 0.3) is 0 Å². The molecule has 24 heavy (non-hydrogen) atoms. The molecule has 3 unspecified atom stereocenters. The molecule has 0 amide bonds. The van der Waals surface area contributed by atoms with Gasteiger partial charge in [0.1, 0.15) is 0 Å². The van der Waals surface area contributed by atoms with Crippen molar-refractivity contribution >= 4 is 16.5 Å². The number of nitrogens with zero attached hydrogens (tertiary/aromatic N) is 1. The van der Waals surface area contributed by atoms with E-state index in [9.17, 15) is 0 Å². The summed E-state index contributed by atoms with van der Waals surface area (Å²) in [7, 11) is 0. The summed E-state index contributed by atoms with van der Waals surface area (Å²) in [5.41, 5.74) is 15.0. The van der Waals surface area contributed by atoms with Gasteiger partial charge >= 0.3 is 0 Å². The first-order chi connectivity index (χ1) is 11.5. The Labute approximate surface area is 145 Å². The number of nitrogens with two attached hydrogens (primary N) is 2. The molecule has 1 aromatic carbocycles. The van der Waals surface area contributed by atoms with Crippen molar-refractivity contribution in [3.63, 3.8) is 0 Å². The van der Waals surface area contributed by atoms with Gasteiger partial charge in [-0.1, -0.05) is 57.2 Å². The summed E-state index contributed by atoms with van der Waals surface area (Å²) in [6, 6.07) is 8.10. The van der Waals surface area contributed by atoms with Gasteiger partial charge in [0.05, 0.1) is 11.2 Å². The van der Waals surface area contributed by atoms with Crippen molar-refractivity contribution in [3.8, 4) is 0 Å². The average Bonchev–Trinajstić information content (AvgIpc) is 3.01. The minimum absolute atomic E-state index is 0.00311. The van der Waals surface area contributed by atoms with Gasteiger partial charge < -0.3 is 11.5 Å². The number of benzene rings is 1. The molecule has 1 aromatic heterocycles. The number of nitrogens with one attached hydrogen (secondary N) is 1. The molecule has 5 N–H and O–H groups in total. The summed E-state index contributed by atoms with van der Waals surface area (Å²) >= 11 is 0. The molecule has 4 heteroatoms. The Kier molecular flexibility index (Phi) is 6.76. The number of para-hydroxylation sites is 1. The number of H-pyrrole nitrogens is 1. The van der Waals surface area contributed by atoms with Crippen LogP contribution in [0.5, 0.6) is 0 Å². The van der Waals surface area contributed by atoms with Crippen LogP contribution in [0.15, 0.2) is 43.0 Å². The van der Waals surface area contributed by atoms with Crippen molar-refractivity contribution in [1.29, 1.82) is 0 Å². The lowest BCUT2D eigenvalue weighted by atomic mass is 9.92. The third-order valence-electron chi connectivity index (χ3n) is 4.59. The summed E-state index contributed by atoms with van der Waals surface area (Å²) in [5.74, 6) is 1.16. The van der Waals surface area contributed by atoms with E-state index in [2.05, 4.69) is 42.8 Å².